The van der Waals surface area contributed by atoms with Gasteiger partial charge in [-0.3, -0.25) is 0 Å². The van der Waals surface area contributed by atoms with Gasteiger partial charge in [-0.15, -0.1) is 0 Å². The zero-order chi connectivity index (χ0) is 19.5. The van der Waals surface area contributed by atoms with E-state index >= 15 is 0 Å². The maximum atomic E-state index is 10.9. The van der Waals surface area contributed by atoms with E-state index in [-0.39, 0.29) is 0 Å². The molecule has 0 heterocycles. The zero-order valence-electron chi connectivity index (χ0n) is 15.6. The maximum Gasteiger partial charge on any atom is 0.330 e. The van der Waals surface area contributed by atoms with Crippen LogP contribution in [0.3, 0.4) is 0 Å². The third-order valence-electron chi connectivity index (χ3n) is 3.98. The fourth-order valence-corrected chi connectivity index (χ4v) is 2.45. The minimum atomic E-state index is -1.04. The monoisotopic (exact) mass is 370 g/mol. The van der Waals surface area contributed by atoms with Gasteiger partial charge in [0.05, 0.1) is 13.2 Å². The summed E-state index contributed by atoms with van der Waals surface area (Å²) in [6.45, 7) is 6.27. The van der Waals surface area contributed by atoms with Crippen LogP contribution in [0.5, 0.6) is 11.5 Å². The van der Waals surface area contributed by atoms with Gasteiger partial charge in [0.1, 0.15) is 11.5 Å². The Bertz CT molecular complexity index is 724. The molecule has 1 N–H and O–H groups in total. The highest BCUT2D eigenvalue weighted by molar-refractivity contribution is 5.81. The Hall–Kier alpha value is -2.79. The molecule has 144 valence electrons. The van der Waals surface area contributed by atoms with E-state index in [1.165, 1.54) is 0 Å². The lowest BCUT2D eigenvalue weighted by atomic mass is 10.1. The van der Waals surface area contributed by atoms with Crippen molar-refractivity contribution in [1.82, 2.24) is 0 Å². The average Bonchev–Trinajstić information content (AvgIpc) is 2.71. The van der Waals surface area contributed by atoms with E-state index in [2.05, 4.69) is 6.58 Å². The SMILES string of the molecule is C=CC(=O)OCCCCOc1ccc(C(O)Oc2ccccc2CC)cc1. The molecule has 0 aliphatic carbocycles. The molecule has 2 rings (SSSR count). The minimum absolute atomic E-state index is 0.357. The molecule has 0 fully saturated rings. The smallest absolute Gasteiger partial charge is 0.330 e. The predicted molar refractivity (Wildman–Crippen MR) is 104 cm³/mol. The summed E-state index contributed by atoms with van der Waals surface area (Å²) in [6, 6.07) is 14.8. The summed E-state index contributed by atoms with van der Waals surface area (Å²) in [7, 11) is 0. The number of aryl methyl sites for hydroxylation is 1. The van der Waals surface area contributed by atoms with Crippen molar-refractivity contribution in [3.05, 3.63) is 72.3 Å². The number of aliphatic hydroxyl groups is 1. The van der Waals surface area contributed by atoms with Crippen LogP contribution in [0.15, 0.2) is 61.2 Å². The second-order valence-corrected chi connectivity index (χ2v) is 5.93. The zero-order valence-corrected chi connectivity index (χ0v) is 15.6. The fourth-order valence-electron chi connectivity index (χ4n) is 2.45. The van der Waals surface area contributed by atoms with Crippen LogP contribution in [0.2, 0.25) is 0 Å². The van der Waals surface area contributed by atoms with Gasteiger partial charge in [0.2, 0.25) is 6.29 Å². The van der Waals surface area contributed by atoms with Crippen molar-refractivity contribution in [3.63, 3.8) is 0 Å². The molecule has 2 aromatic carbocycles. The highest BCUT2D eigenvalue weighted by Crippen LogP contribution is 2.25. The molecular weight excluding hydrogens is 344 g/mol. The molecule has 0 spiro atoms. The quantitative estimate of drug-likeness (QED) is 0.278. The van der Waals surface area contributed by atoms with Crippen LogP contribution >= 0.6 is 0 Å². The molecule has 0 radical (unpaired) electrons. The number of benzene rings is 2. The van der Waals surface area contributed by atoms with Gasteiger partial charge in [0.25, 0.3) is 0 Å². The molecule has 0 aliphatic heterocycles. The third kappa shape index (κ3) is 6.79. The van der Waals surface area contributed by atoms with Crippen LogP contribution in [0.4, 0.5) is 0 Å². The minimum Gasteiger partial charge on any atom is -0.494 e. The molecule has 5 nitrogen and oxygen atoms in total. The molecule has 0 aliphatic rings. The van der Waals surface area contributed by atoms with Crippen LogP contribution in [-0.2, 0) is 16.0 Å². The number of ether oxygens (including phenoxy) is 3. The third-order valence-corrected chi connectivity index (χ3v) is 3.98. The van der Waals surface area contributed by atoms with E-state index in [0.29, 0.717) is 30.3 Å². The van der Waals surface area contributed by atoms with Gasteiger partial charge < -0.3 is 19.3 Å². The summed E-state index contributed by atoms with van der Waals surface area (Å²) in [6.07, 6.45) is 2.44. The average molecular weight is 370 g/mol. The van der Waals surface area contributed by atoms with Crippen molar-refractivity contribution < 1.29 is 24.1 Å². The van der Waals surface area contributed by atoms with Crippen molar-refractivity contribution in [2.24, 2.45) is 0 Å². The maximum absolute atomic E-state index is 10.9. The molecule has 5 heteroatoms. The summed E-state index contributed by atoms with van der Waals surface area (Å²) < 4.78 is 16.2. The van der Waals surface area contributed by atoms with E-state index in [1.807, 2.05) is 31.2 Å². The normalized spacial score (nSPS) is 11.5. The fraction of sp³-hybridized carbons (Fsp3) is 0.318. The number of rotatable bonds is 11. The number of hydrogen-bond acceptors (Lipinski definition) is 5. The van der Waals surface area contributed by atoms with Gasteiger partial charge in [-0.25, -0.2) is 4.79 Å². The van der Waals surface area contributed by atoms with Gasteiger partial charge in [-0.2, -0.15) is 0 Å². The first-order chi connectivity index (χ1) is 13.1. The summed E-state index contributed by atoms with van der Waals surface area (Å²) in [5.41, 5.74) is 1.71. The number of para-hydroxylation sites is 1. The van der Waals surface area contributed by atoms with Crippen LogP contribution in [0.1, 0.15) is 37.2 Å². The Morgan fingerprint density at radius 2 is 1.81 bits per heavy atom. The van der Waals surface area contributed by atoms with E-state index < -0.39 is 12.3 Å². The van der Waals surface area contributed by atoms with Crippen molar-refractivity contribution in [2.75, 3.05) is 13.2 Å². The summed E-state index contributed by atoms with van der Waals surface area (Å²) in [4.78, 5) is 10.9. The molecule has 1 atom stereocenters. The number of esters is 1. The molecule has 27 heavy (non-hydrogen) atoms. The number of carbonyl (C=O) groups is 1. The molecule has 2 aromatic rings. The Labute approximate surface area is 160 Å². The summed E-state index contributed by atoms with van der Waals surface area (Å²) in [5, 5.41) is 10.3. The molecule has 0 aromatic heterocycles. The number of hydrogen-bond donors (Lipinski definition) is 1. The van der Waals surface area contributed by atoms with Gasteiger partial charge in [-0.05, 0) is 55.2 Å². The number of carbonyl (C=O) groups excluding carboxylic acids is 1. The standard InChI is InChI=1S/C22H26O5/c1-3-17-9-5-6-10-20(17)27-22(24)18-11-13-19(14-12-18)25-15-7-8-16-26-21(23)4-2/h4-6,9-14,22,24H,2-3,7-8,15-16H2,1H3. The number of unbranched alkanes of at least 4 members (excludes halogenated alkanes) is 1. The predicted octanol–water partition coefficient (Wildman–Crippen LogP) is 4.21. The first kappa shape index (κ1) is 20.5. The topological polar surface area (TPSA) is 65.0 Å². The Morgan fingerprint density at radius 1 is 1.11 bits per heavy atom. The summed E-state index contributed by atoms with van der Waals surface area (Å²) in [5.74, 6) is 0.988. The highest BCUT2D eigenvalue weighted by Gasteiger charge is 2.11. The molecule has 0 bridgehead atoms. The second-order valence-electron chi connectivity index (χ2n) is 5.93. The lowest BCUT2D eigenvalue weighted by Crippen LogP contribution is -2.08. The number of aliphatic hydroxyl groups excluding tert-OH is 1. The first-order valence-corrected chi connectivity index (χ1v) is 9.08. The largest absolute Gasteiger partial charge is 0.494 e. The van der Waals surface area contributed by atoms with Crippen molar-refractivity contribution in [3.8, 4) is 11.5 Å². The Kier molecular flexibility index (Phi) is 8.39. The molecular formula is C22H26O5. The molecule has 1 unspecified atom stereocenters. The van der Waals surface area contributed by atoms with E-state index in [1.54, 1.807) is 24.3 Å². The van der Waals surface area contributed by atoms with Crippen LogP contribution < -0.4 is 9.47 Å². The molecule has 0 saturated carbocycles. The van der Waals surface area contributed by atoms with E-state index in [0.717, 1.165) is 30.9 Å². The van der Waals surface area contributed by atoms with Gasteiger partial charge >= 0.3 is 5.97 Å². The van der Waals surface area contributed by atoms with E-state index in [9.17, 15) is 9.90 Å². The first-order valence-electron chi connectivity index (χ1n) is 9.08. The van der Waals surface area contributed by atoms with Gasteiger partial charge in [0, 0.05) is 11.6 Å². The van der Waals surface area contributed by atoms with Crippen molar-refractivity contribution >= 4 is 5.97 Å². The van der Waals surface area contributed by atoms with Gasteiger partial charge in [0.15, 0.2) is 0 Å². The Morgan fingerprint density at radius 3 is 2.52 bits per heavy atom. The van der Waals surface area contributed by atoms with Crippen LogP contribution in [0.25, 0.3) is 0 Å². The van der Waals surface area contributed by atoms with Crippen LogP contribution in [0, 0.1) is 0 Å². The Balaban J connectivity index is 1.77. The van der Waals surface area contributed by atoms with Gasteiger partial charge in [-0.1, -0.05) is 31.7 Å². The lowest BCUT2D eigenvalue weighted by molar-refractivity contribution is -0.137. The van der Waals surface area contributed by atoms with Crippen molar-refractivity contribution in [1.29, 1.82) is 0 Å². The van der Waals surface area contributed by atoms with E-state index in [4.69, 9.17) is 14.2 Å². The van der Waals surface area contributed by atoms with Crippen LogP contribution in [-0.4, -0.2) is 24.3 Å². The molecule has 0 amide bonds. The molecule has 0 saturated heterocycles. The summed E-state index contributed by atoms with van der Waals surface area (Å²) >= 11 is 0. The van der Waals surface area contributed by atoms with Crippen molar-refractivity contribution in [2.45, 2.75) is 32.5 Å². The second kappa shape index (κ2) is 11.0. The lowest BCUT2D eigenvalue weighted by Gasteiger charge is -2.16. The highest BCUT2D eigenvalue weighted by atomic mass is 16.6.